The van der Waals surface area contributed by atoms with Gasteiger partial charge in [0.15, 0.2) is 5.11 Å². The van der Waals surface area contributed by atoms with Gasteiger partial charge in [0.1, 0.15) is 0 Å². The van der Waals surface area contributed by atoms with Crippen LogP contribution in [0.4, 0.5) is 18.9 Å². The van der Waals surface area contributed by atoms with Gasteiger partial charge >= 0.3 is 6.18 Å². The van der Waals surface area contributed by atoms with Crippen molar-refractivity contribution in [3.63, 3.8) is 0 Å². The van der Waals surface area contributed by atoms with Crippen molar-refractivity contribution in [3.05, 3.63) is 112 Å². The largest absolute Gasteiger partial charge is 0.418 e. The lowest BCUT2D eigenvalue weighted by Crippen LogP contribution is -2.29. The van der Waals surface area contributed by atoms with E-state index in [4.69, 9.17) is 23.8 Å². The second kappa shape index (κ2) is 9.26. The Bertz CT molecular complexity index is 1420. The second-order valence-corrected chi connectivity index (χ2v) is 9.47. The number of pyridine rings is 1. The first-order chi connectivity index (χ1) is 17.2. The number of rotatable bonds is 4. The van der Waals surface area contributed by atoms with E-state index in [9.17, 15) is 13.2 Å². The first-order valence-electron chi connectivity index (χ1n) is 11.3. The molecule has 184 valence electrons. The average molecular weight is 527 g/mol. The summed E-state index contributed by atoms with van der Waals surface area (Å²) in [6, 6.07) is 19.9. The predicted octanol–water partition coefficient (Wildman–Crippen LogP) is 7.34. The quantitative estimate of drug-likeness (QED) is 0.282. The van der Waals surface area contributed by atoms with Crippen LogP contribution in [0.15, 0.2) is 79.0 Å². The first kappa shape index (κ1) is 24.3. The molecule has 1 N–H and O–H groups in total. The van der Waals surface area contributed by atoms with Crippen LogP contribution in [-0.2, 0) is 6.18 Å². The van der Waals surface area contributed by atoms with Gasteiger partial charge in [0.05, 0.1) is 29.0 Å². The summed E-state index contributed by atoms with van der Waals surface area (Å²) in [5.74, 6) is 0. The van der Waals surface area contributed by atoms with E-state index in [-0.39, 0.29) is 17.8 Å². The number of nitrogens with one attached hydrogen (secondary N) is 1. The second-order valence-electron chi connectivity index (χ2n) is 8.65. The number of aryl methyl sites for hydroxylation is 1. The van der Waals surface area contributed by atoms with Crippen molar-refractivity contribution in [2.24, 2.45) is 0 Å². The van der Waals surface area contributed by atoms with Crippen molar-refractivity contribution in [1.29, 1.82) is 0 Å². The number of thiocarbonyl (C=S) groups is 1. The molecular weight excluding hydrogens is 505 g/mol. The van der Waals surface area contributed by atoms with E-state index in [1.54, 1.807) is 29.0 Å². The zero-order valence-electron chi connectivity index (χ0n) is 19.4. The molecule has 1 aliphatic heterocycles. The third-order valence-electron chi connectivity index (χ3n) is 6.44. The van der Waals surface area contributed by atoms with Gasteiger partial charge in [0.2, 0.25) is 0 Å². The summed E-state index contributed by atoms with van der Waals surface area (Å²) < 4.78 is 43.3. The molecule has 3 heterocycles. The molecule has 2 aromatic heterocycles. The molecule has 1 aliphatic rings. The summed E-state index contributed by atoms with van der Waals surface area (Å²) in [5, 5.41) is 4.48. The van der Waals surface area contributed by atoms with Crippen LogP contribution < -0.4 is 10.2 Å². The summed E-state index contributed by atoms with van der Waals surface area (Å²) >= 11 is 11.9. The summed E-state index contributed by atoms with van der Waals surface area (Å²) in [6.45, 7) is 3.65. The number of aromatic nitrogens is 2. The van der Waals surface area contributed by atoms with Gasteiger partial charge in [-0.25, -0.2) is 0 Å². The lowest BCUT2D eigenvalue weighted by Gasteiger charge is -2.28. The van der Waals surface area contributed by atoms with Gasteiger partial charge in [-0.15, -0.1) is 0 Å². The molecule has 4 nitrogen and oxygen atoms in total. The highest BCUT2D eigenvalue weighted by Crippen LogP contribution is 2.44. The third-order valence-corrected chi connectivity index (χ3v) is 7.01. The van der Waals surface area contributed by atoms with Crippen molar-refractivity contribution in [2.45, 2.75) is 32.1 Å². The lowest BCUT2D eigenvalue weighted by atomic mass is 9.96. The maximum atomic E-state index is 13.9. The molecule has 0 amide bonds. The number of alkyl halides is 3. The fraction of sp³-hybridized carbons (Fsp3) is 0.185. The molecule has 36 heavy (non-hydrogen) atoms. The number of hydrogen-bond donors (Lipinski definition) is 1. The molecule has 0 spiro atoms. The van der Waals surface area contributed by atoms with Crippen molar-refractivity contribution >= 4 is 34.6 Å². The Hall–Kier alpha value is -3.36. The molecule has 0 unspecified atom stereocenters. The minimum atomic E-state index is -4.48. The summed E-state index contributed by atoms with van der Waals surface area (Å²) in [4.78, 5) is 6.53. The third kappa shape index (κ3) is 4.24. The van der Waals surface area contributed by atoms with Crippen molar-refractivity contribution in [1.82, 2.24) is 14.9 Å². The highest BCUT2D eigenvalue weighted by atomic mass is 35.5. The van der Waals surface area contributed by atoms with Crippen LogP contribution in [0.3, 0.4) is 0 Å². The number of benzene rings is 2. The fourth-order valence-electron chi connectivity index (χ4n) is 4.92. The number of halogens is 4. The van der Waals surface area contributed by atoms with Crippen LogP contribution >= 0.6 is 23.8 Å². The van der Waals surface area contributed by atoms with Crippen LogP contribution in [-0.4, -0.2) is 14.7 Å². The topological polar surface area (TPSA) is 33.1 Å². The molecule has 4 aromatic rings. The maximum Gasteiger partial charge on any atom is 0.418 e. The molecule has 2 aromatic carbocycles. The molecule has 0 saturated carbocycles. The Balaban J connectivity index is 1.70. The normalized spacial score (nSPS) is 17.9. The number of nitrogens with zero attached hydrogens (tertiary/aromatic N) is 3. The summed E-state index contributed by atoms with van der Waals surface area (Å²) in [5.41, 5.74) is 3.24. The Kier molecular flexibility index (Phi) is 6.26. The monoisotopic (exact) mass is 526 g/mol. The van der Waals surface area contributed by atoms with Gasteiger partial charge in [-0.05, 0) is 86.2 Å². The van der Waals surface area contributed by atoms with Gasteiger partial charge in [-0.2, -0.15) is 13.2 Å². The molecular formula is C27H22ClF3N4S. The molecule has 0 bridgehead atoms. The van der Waals surface area contributed by atoms with Gasteiger partial charge in [0.25, 0.3) is 0 Å². The predicted molar refractivity (Wildman–Crippen MR) is 140 cm³/mol. The molecule has 0 radical (unpaired) electrons. The van der Waals surface area contributed by atoms with Crippen molar-refractivity contribution in [2.75, 3.05) is 4.90 Å². The van der Waals surface area contributed by atoms with Gasteiger partial charge in [0, 0.05) is 28.3 Å². The van der Waals surface area contributed by atoms with Crippen LogP contribution in [0.25, 0.3) is 5.69 Å². The van der Waals surface area contributed by atoms with Crippen LogP contribution in [0.1, 0.15) is 40.3 Å². The molecule has 1 fully saturated rings. The Morgan fingerprint density at radius 2 is 1.67 bits per heavy atom. The van der Waals surface area contributed by atoms with Crippen LogP contribution in [0, 0.1) is 13.8 Å². The van der Waals surface area contributed by atoms with E-state index in [1.165, 1.54) is 12.1 Å². The minimum Gasteiger partial charge on any atom is -0.351 e. The minimum absolute atomic E-state index is 0.0900. The van der Waals surface area contributed by atoms with E-state index >= 15 is 0 Å². The van der Waals surface area contributed by atoms with E-state index in [0.29, 0.717) is 21.5 Å². The molecule has 1 saturated heterocycles. The standard InChI is InChI=1S/C27H22ClF3N4S/c1-16-15-20(17(2)34(16)23-9-4-3-7-21(23)27(29,30)31)25-24(22-8-5-6-14-32-22)33-26(36)35(25)19-12-10-18(28)11-13-19/h3-15,24-25H,1-2H3,(H,33,36)/t24-,25+/m1/s1. The maximum absolute atomic E-state index is 13.9. The molecule has 9 heteroatoms. The number of hydrogen-bond acceptors (Lipinski definition) is 2. The van der Waals surface area contributed by atoms with Gasteiger partial charge in [-0.3, -0.25) is 4.98 Å². The van der Waals surface area contributed by atoms with Crippen molar-refractivity contribution < 1.29 is 13.2 Å². The zero-order chi connectivity index (χ0) is 25.6. The Labute approximate surface area is 217 Å². The summed E-state index contributed by atoms with van der Waals surface area (Å²) in [6.07, 6.45) is -2.77. The highest BCUT2D eigenvalue weighted by Gasteiger charge is 2.43. The molecule has 0 aliphatic carbocycles. The molecule has 2 atom stereocenters. The number of anilines is 1. The van der Waals surface area contributed by atoms with E-state index in [0.717, 1.165) is 23.0 Å². The smallest absolute Gasteiger partial charge is 0.351 e. The van der Waals surface area contributed by atoms with Crippen LogP contribution in [0.5, 0.6) is 0 Å². The van der Waals surface area contributed by atoms with E-state index in [1.807, 2.05) is 55.1 Å². The van der Waals surface area contributed by atoms with E-state index < -0.39 is 11.7 Å². The molecule has 5 rings (SSSR count). The Morgan fingerprint density at radius 3 is 2.33 bits per heavy atom. The first-order valence-corrected chi connectivity index (χ1v) is 12.1. The zero-order valence-corrected chi connectivity index (χ0v) is 21.0. The average Bonchev–Trinajstić information content (AvgIpc) is 3.34. The fourth-order valence-corrected chi connectivity index (χ4v) is 5.39. The van der Waals surface area contributed by atoms with Crippen LogP contribution in [0.2, 0.25) is 5.02 Å². The van der Waals surface area contributed by atoms with Gasteiger partial charge < -0.3 is 14.8 Å². The Morgan fingerprint density at radius 1 is 0.972 bits per heavy atom. The lowest BCUT2D eigenvalue weighted by molar-refractivity contribution is -0.137. The summed E-state index contributed by atoms with van der Waals surface area (Å²) in [7, 11) is 0. The van der Waals surface area contributed by atoms with Gasteiger partial charge in [-0.1, -0.05) is 29.8 Å². The van der Waals surface area contributed by atoms with Crippen molar-refractivity contribution in [3.8, 4) is 5.69 Å². The number of para-hydroxylation sites is 1. The van der Waals surface area contributed by atoms with E-state index in [2.05, 4.69) is 10.3 Å². The highest BCUT2D eigenvalue weighted by molar-refractivity contribution is 7.80. The SMILES string of the molecule is Cc1cc([C@H]2[C@@H](c3ccccn3)NC(=S)N2c2ccc(Cl)cc2)c(C)n1-c1ccccc1C(F)(F)F.